The standard InChI is InChI=1S/C16H10FNO2/c17-11-5-6-13-10(9-11)7-8-20-16(13)14-4-2-1-3-12(14)15(19)18-16/h1-9H,(H,18,19). The molecule has 2 aromatic carbocycles. The number of hydrogen-bond acceptors (Lipinski definition) is 2. The maximum absolute atomic E-state index is 13.4. The fourth-order valence-electron chi connectivity index (χ4n) is 2.85. The van der Waals surface area contributed by atoms with E-state index in [1.807, 2.05) is 18.2 Å². The summed E-state index contributed by atoms with van der Waals surface area (Å²) >= 11 is 0. The van der Waals surface area contributed by atoms with Crippen LogP contribution in [0.15, 0.2) is 48.7 Å². The van der Waals surface area contributed by atoms with Crippen LogP contribution in [0.1, 0.15) is 27.0 Å². The molecule has 0 saturated heterocycles. The van der Waals surface area contributed by atoms with Crippen molar-refractivity contribution < 1.29 is 13.9 Å². The Bertz CT molecular complexity index is 769. The summed E-state index contributed by atoms with van der Waals surface area (Å²) in [6, 6.07) is 11.7. The van der Waals surface area contributed by atoms with Crippen LogP contribution in [-0.2, 0) is 10.5 Å². The highest BCUT2D eigenvalue weighted by Gasteiger charge is 2.48. The third kappa shape index (κ3) is 1.30. The van der Waals surface area contributed by atoms with Gasteiger partial charge in [0, 0.05) is 16.7 Å². The molecule has 0 saturated carbocycles. The number of fused-ring (bicyclic) bond motifs is 4. The minimum Gasteiger partial charge on any atom is -0.467 e. The van der Waals surface area contributed by atoms with Crippen LogP contribution in [0.4, 0.5) is 4.39 Å². The van der Waals surface area contributed by atoms with Gasteiger partial charge in [0.2, 0.25) is 5.72 Å². The first-order chi connectivity index (χ1) is 9.71. The molecule has 4 rings (SSSR count). The Balaban J connectivity index is 2.01. The number of carbonyl (C=O) groups is 1. The van der Waals surface area contributed by atoms with E-state index in [2.05, 4.69) is 5.32 Å². The van der Waals surface area contributed by atoms with E-state index in [0.29, 0.717) is 11.1 Å². The molecule has 1 N–H and O–H groups in total. The Morgan fingerprint density at radius 3 is 2.85 bits per heavy atom. The minimum atomic E-state index is -1.05. The first kappa shape index (κ1) is 11.2. The summed E-state index contributed by atoms with van der Waals surface area (Å²) in [7, 11) is 0. The van der Waals surface area contributed by atoms with Gasteiger partial charge < -0.3 is 10.1 Å². The summed E-state index contributed by atoms with van der Waals surface area (Å²) in [6.45, 7) is 0. The first-order valence-electron chi connectivity index (χ1n) is 6.27. The van der Waals surface area contributed by atoms with Gasteiger partial charge in [0.05, 0.1) is 6.26 Å². The number of carbonyl (C=O) groups excluding carboxylic acids is 1. The Kier molecular flexibility index (Phi) is 2.07. The van der Waals surface area contributed by atoms with Crippen molar-refractivity contribution in [2.24, 2.45) is 0 Å². The maximum Gasteiger partial charge on any atom is 0.255 e. The summed E-state index contributed by atoms with van der Waals surface area (Å²) in [5.74, 6) is -0.505. The fraction of sp³-hybridized carbons (Fsp3) is 0.0625. The number of ether oxygens (including phenoxy) is 1. The van der Waals surface area contributed by atoms with Crippen molar-refractivity contribution >= 4 is 12.0 Å². The molecule has 98 valence electrons. The van der Waals surface area contributed by atoms with Gasteiger partial charge in [-0.25, -0.2) is 4.39 Å². The summed E-state index contributed by atoms with van der Waals surface area (Å²) in [5, 5.41) is 2.88. The largest absolute Gasteiger partial charge is 0.467 e. The van der Waals surface area contributed by atoms with Crippen LogP contribution in [0.5, 0.6) is 0 Å². The Morgan fingerprint density at radius 1 is 1.10 bits per heavy atom. The molecule has 1 spiro atoms. The van der Waals surface area contributed by atoms with Crippen molar-refractivity contribution in [2.45, 2.75) is 5.72 Å². The van der Waals surface area contributed by atoms with Crippen molar-refractivity contribution in [2.75, 3.05) is 0 Å². The quantitative estimate of drug-likeness (QED) is 0.797. The van der Waals surface area contributed by atoms with Crippen LogP contribution in [0.2, 0.25) is 0 Å². The minimum absolute atomic E-state index is 0.189. The zero-order valence-electron chi connectivity index (χ0n) is 10.4. The highest BCUT2D eigenvalue weighted by atomic mass is 19.1. The molecule has 2 aliphatic heterocycles. The van der Waals surface area contributed by atoms with Gasteiger partial charge in [0.15, 0.2) is 0 Å². The predicted octanol–water partition coefficient (Wildman–Crippen LogP) is 2.77. The molecule has 3 nitrogen and oxygen atoms in total. The monoisotopic (exact) mass is 267 g/mol. The molecule has 20 heavy (non-hydrogen) atoms. The van der Waals surface area contributed by atoms with Gasteiger partial charge in [-0.1, -0.05) is 18.2 Å². The second-order valence-electron chi connectivity index (χ2n) is 4.83. The van der Waals surface area contributed by atoms with Gasteiger partial charge in [0.25, 0.3) is 5.91 Å². The lowest BCUT2D eigenvalue weighted by molar-refractivity contribution is 0.0306. The third-order valence-electron chi connectivity index (χ3n) is 3.73. The number of halogens is 1. The normalized spacial score (nSPS) is 22.1. The lowest BCUT2D eigenvalue weighted by atomic mass is 9.89. The first-order valence-corrected chi connectivity index (χ1v) is 6.27. The molecule has 0 radical (unpaired) electrons. The van der Waals surface area contributed by atoms with Gasteiger partial charge in [-0.05, 0) is 35.9 Å². The molecule has 1 atom stereocenters. The van der Waals surface area contributed by atoms with Crippen molar-refractivity contribution in [3.8, 4) is 0 Å². The molecule has 0 aromatic heterocycles. The second-order valence-corrected chi connectivity index (χ2v) is 4.83. The van der Waals surface area contributed by atoms with Gasteiger partial charge in [-0.15, -0.1) is 0 Å². The van der Waals surface area contributed by atoms with Crippen LogP contribution in [0.25, 0.3) is 6.08 Å². The van der Waals surface area contributed by atoms with E-state index in [9.17, 15) is 9.18 Å². The molecule has 0 fully saturated rings. The summed E-state index contributed by atoms with van der Waals surface area (Å²) in [6.07, 6.45) is 3.18. The summed E-state index contributed by atoms with van der Waals surface area (Å²) in [4.78, 5) is 12.1. The van der Waals surface area contributed by atoms with Gasteiger partial charge in [-0.2, -0.15) is 0 Å². The Morgan fingerprint density at radius 2 is 1.95 bits per heavy atom. The molecular weight excluding hydrogens is 257 g/mol. The van der Waals surface area contributed by atoms with Gasteiger partial charge >= 0.3 is 0 Å². The molecule has 2 aromatic rings. The predicted molar refractivity (Wildman–Crippen MR) is 71.2 cm³/mol. The molecule has 0 aliphatic carbocycles. The van der Waals surface area contributed by atoms with E-state index < -0.39 is 5.72 Å². The average Bonchev–Trinajstić information content (AvgIpc) is 2.73. The topological polar surface area (TPSA) is 38.3 Å². The van der Waals surface area contributed by atoms with Crippen LogP contribution >= 0.6 is 0 Å². The molecule has 0 bridgehead atoms. The van der Waals surface area contributed by atoms with Crippen LogP contribution in [0.3, 0.4) is 0 Å². The lowest BCUT2D eigenvalue weighted by Gasteiger charge is -2.33. The van der Waals surface area contributed by atoms with E-state index in [4.69, 9.17) is 4.74 Å². The van der Waals surface area contributed by atoms with Gasteiger partial charge in [0.1, 0.15) is 5.82 Å². The zero-order valence-corrected chi connectivity index (χ0v) is 10.4. The number of nitrogens with one attached hydrogen (secondary N) is 1. The van der Waals surface area contributed by atoms with Crippen LogP contribution in [0, 0.1) is 5.82 Å². The summed E-state index contributed by atoms with van der Waals surface area (Å²) in [5.41, 5.74) is 1.72. The third-order valence-corrected chi connectivity index (χ3v) is 3.73. The maximum atomic E-state index is 13.4. The van der Waals surface area contributed by atoms with Crippen molar-refractivity contribution in [3.05, 3.63) is 76.8 Å². The van der Waals surface area contributed by atoms with E-state index in [-0.39, 0.29) is 11.7 Å². The highest BCUT2D eigenvalue weighted by molar-refractivity contribution is 6.00. The Labute approximate surface area is 114 Å². The van der Waals surface area contributed by atoms with Gasteiger partial charge in [-0.3, -0.25) is 4.79 Å². The zero-order chi connectivity index (χ0) is 13.7. The SMILES string of the molecule is O=C1NC2(OC=Cc3cc(F)ccc32)c2ccccc21. The van der Waals surface area contributed by atoms with Crippen molar-refractivity contribution in [3.63, 3.8) is 0 Å². The number of rotatable bonds is 0. The molecule has 1 amide bonds. The molecule has 4 heteroatoms. The number of benzene rings is 2. The summed E-state index contributed by atoms with van der Waals surface area (Å²) < 4.78 is 19.1. The lowest BCUT2D eigenvalue weighted by Crippen LogP contribution is -2.43. The average molecular weight is 267 g/mol. The van der Waals surface area contributed by atoms with Crippen LogP contribution in [-0.4, -0.2) is 5.91 Å². The van der Waals surface area contributed by atoms with Crippen molar-refractivity contribution in [1.29, 1.82) is 0 Å². The second kappa shape index (κ2) is 3.70. The highest BCUT2D eigenvalue weighted by Crippen LogP contribution is 2.42. The molecule has 2 heterocycles. The van der Waals surface area contributed by atoms with E-state index >= 15 is 0 Å². The van der Waals surface area contributed by atoms with Crippen LogP contribution < -0.4 is 5.32 Å². The smallest absolute Gasteiger partial charge is 0.255 e. The van der Waals surface area contributed by atoms with E-state index in [0.717, 1.165) is 11.1 Å². The fourth-order valence-corrected chi connectivity index (χ4v) is 2.85. The molecular formula is C16H10FNO2. The van der Waals surface area contributed by atoms with E-state index in [1.54, 1.807) is 18.2 Å². The Hall–Kier alpha value is -2.62. The number of hydrogen-bond donors (Lipinski definition) is 1. The van der Waals surface area contributed by atoms with Crippen molar-refractivity contribution in [1.82, 2.24) is 5.32 Å². The molecule has 2 aliphatic rings. The molecule has 1 unspecified atom stereocenters. The number of amides is 1. The van der Waals surface area contributed by atoms with E-state index in [1.165, 1.54) is 18.4 Å².